The van der Waals surface area contributed by atoms with Gasteiger partial charge in [0, 0.05) is 64.1 Å². The zero-order valence-electron chi connectivity index (χ0n) is 30.5. The van der Waals surface area contributed by atoms with Gasteiger partial charge in [-0.1, -0.05) is 133 Å². The Morgan fingerprint density at radius 3 is 1.42 bits per heavy atom. The number of aromatic nitrogens is 5. The lowest BCUT2D eigenvalue weighted by Gasteiger charge is -2.14. The van der Waals surface area contributed by atoms with Crippen LogP contribution in [0.3, 0.4) is 0 Å². The molecule has 0 aliphatic carbocycles. The van der Waals surface area contributed by atoms with E-state index in [4.69, 9.17) is 15.0 Å². The average molecular weight is 746 g/mol. The summed E-state index contributed by atoms with van der Waals surface area (Å²) < 4.78 is 7.29. The van der Waals surface area contributed by atoms with Crippen molar-refractivity contribution in [3.8, 4) is 45.5 Å². The van der Waals surface area contributed by atoms with Crippen molar-refractivity contribution in [1.29, 1.82) is 0 Å². The Morgan fingerprint density at radius 2 is 0.807 bits per heavy atom. The molecule has 12 rings (SSSR count). The molecule has 0 N–H and O–H groups in total. The largest absolute Gasteiger partial charge is 0.309 e. The highest BCUT2D eigenvalue weighted by molar-refractivity contribution is 7.26. The van der Waals surface area contributed by atoms with Gasteiger partial charge >= 0.3 is 0 Å². The zero-order chi connectivity index (χ0) is 37.5. The van der Waals surface area contributed by atoms with E-state index in [9.17, 15) is 0 Å². The Morgan fingerprint density at radius 1 is 0.333 bits per heavy atom. The van der Waals surface area contributed by atoms with Gasteiger partial charge in [0.05, 0.1) is 27.8 Å². The average Bonchev–Trinajstić information content (AvgIpc) is 3.94. The molecule has 4 aromatic heterocycles. The molecule has 266 valence electrons. The highest BCUT2D eigenvalue weighted by atomic mass is 32.1. The van der Waals surface area contributed by atoms with Gasteiger partial charge in [0.2, 0.25) is 0 Å². The normalized spacial score (nSPS) is 11.9. The van der Waals surface area contributed by atoms with Crippen molar-refractivity contribution in [2.75, 3.05) is 0 Å². The zero-order valence-corrected chi connectivity index (χ0v) is 31.4. The minimum Gasteiger partial charge on any atom is -0.309 e. The predicted molar refractivity (Wildman–Crippen MR) is 238 cm³/mol. The molecule has 0 spiro atoms. The Hall–Kier alpha value is -7.41. The summed E-state index contributed by atoms with van der Waals surface area (Å²) in [5, 5.41) is 7.39. The van der Waals surface area contributed by atoms with E-state index >= 15 is 0 Å². The van der Waals surface area contributed by atoms with Gasteiger partial charge < -0.3 is 9.13 Å². The number of para-hydroxylation sites is 3. The van der Waals surface area contributed by atoms with Crippen molar-refractivity contribution in [2.45, 2.75) is 0 Å². The molecule has 12 aromatic rings. The third-order valence-electron chi connectivity index (χ3n) is 11.1. The van der Waals surface area contributed by atoms with Crippen LogP contribution in [0.1, 0.15) is 0 Å². The Kier molecular flexibility index (Phi) is 7.03. The fourth-order valence-electron chi connectivity index (χ4n) is 8.71. The summed E-state index contributed by atoms with van der Waals surface area (Å²) in [6, 6.07) is 66.6. The molecule has 0 saturated heterocycles. The van der Waals surface area contributed by atoms with Crippen LogP contribution in [0.25, 0.3) is 109 Å². The first-order valence-corrected chi connectivity index (χ1v) is 19.9. The lowest BCUT2D eigenvalue weighted by molar-refractivity contribution is 1.07. The van der Waals surface area contributed by atoms with Crippen LogP contribution in [0, 0.1) is 0 Å². The van der Waals surface area contributed by atoms with Crippen LogP contribution in [0.4, 0.5) is 0 Å². The molecule has 0 amide bonds. The molecule has 0 saturated carbocycles. The van der Waals surface area contributed by atoms with Crippen LogP contribution >= 0.6 is 11.3 Å². The molecule has 4 heterocycles. The molecule has 0 aliphatic rings. The van der Waals surface area contributed by atoms with Crippen molar-refractivity contribution >= 4 is 75.1 Å². The summed E-state index contributed by atoms with van der Waals surface area (Å²) in [7, 11) is 0. The third kappa shape index (κ3) is 4.91. The van der Waals surface area contributed by atoms with Crippen molar-refractivity contribution in [1.82, 2.24) is 24.1 Å². The van der Waals surface area contributed by atoms with E-state index in [2.05, 4.69) is 161 Å². The second-order valence-electron chi connectivity index (χ2n) is 14.4. The van der Waals surface area contributed by atoms with E-state index in [0.717, 1.165) is 39.1 Å². The molecule has 57 heavy (non-hydrogen) atoms. The maximum absolute atomic E-state index is 5.18. The number of fused-ring (bicyclic) bond motifs is 10. The summed E-state index contributed by atoms with van der Waals surface area (Å²) in [6.07, 6.45) is 0. The van der Waals surface area contributed by atoms with Crippen LogP contribution in [-0.2, 0) is 0 Å². The number of thiophene rings is 1. The Labute approximate surface area is 331 Å². The van der Waals surface area contributed by atoms with Crippen molar-refractivity contribution < 1.29 is 0 Å². The number of benzene rings is 8. The minimum atomic E-state index is 0.636. The van der Waals surface area contributed by atoms with Gasteiger partial charge in [-0.25, -0.2) is 15.0 Å². The molecular formula is C51H31N5S. The molecule has 0 atom stereocenters. The molecule has 6 heteroatoms. The topological polar surface area (TPSA) is 48.5 Å². The molecule has 5 nitrogen and oxygen atoms in total. The molecule has 0 bridgehead atoms. The molecule has 0 unspecified atom stereocenters. The van der Waals surface area contributed by atoms with E-state index < -0.39 is 0 Å². The molecule has 0 fully saturated rings. The second kappa shape index (κ2) is 12.6. The van der Waals surface area contributed by atoms with Gasteiger partial charge in [0.15, 0.2) is 17.5 Å². The molecular weight excluding hydrogens is 715 g/mol. The number of rotatable bonds is 5. The smallest absolute Gasteiger partial charge is 0.164 e. The lowest BCUT2D eigenvalue weighted by Crippen LogP contribution is -2.01. The maximum atomic E-state index is 5.18. The monoisotopic (exact) mass is 745 g/mol. The highest BCUT2D eigenvalue weighted by Crippen LogP contribution is 2.46. The third-order valence-corrected chi connectivity index (χ3v) is 12.3. The summed E-state index contributed by atoms with van der Waals surface area (Å²) in [5.41, 5.74) is 9.75. The van der Waals surface area contributed by atoms with Crippen molar-refractivity contribution in [3.63, 3.8) is 0 Å². The standard InChI is InChI=1S/C51H31N5S/c1-4-16-32(17-5-1)49-52-50(33-18-6-2-7-19-33)54-51(53-49)34-30-43(46-38-24-12-15-27-44(38)57-45(46)31-34)56-40-26-14-11-23-37(40)48-42(56)29-28-41-47(48)36-22-10-13-25-39(36)55(41)35-20-8-3-9-21-35/h1-31H. The van der Waals surface area contributed by atoms with E-state index in [0.29, 0.717) is 17.5 Å². The minimum absolute atomic E-state index is 0.636. The predicted octanol–water partition coefficient (Wildman–Crippen LogP) is 13.4. The van der Waals surface area contributed by atoms with Crippen LogP contribution in [0.5, 0.6) is 0 Å². The first-order valence-electron chi connectivity index (χ1n) is 19.1. The van der Waals surface area contributed by atoms with Crippen LogP contribution in [0.15, 0.2) is 188 Å². The number of nitrogens with zero attached hydrogens (tertiary/aromatic N) is 5. The first-order chi connectivity index (χ1) is 28.3. The maximum Gasteiger partial charge on any atom is 0.164 e. The second-order valence-corrected chi connectivity index (χ2v) is 15.5. The van der Waals surface area contributed by atoms with Crippen molar-refractivity contribution in [3.05, 3.63) is 188 Å². The van der Waals surface area contributed by atoms with Gasteiger partial charge in [-0.15, -0.1) is 11.3 Å². The summed E-state index contributed by atoms with van der Waals surface area (Å²) in [6.45, 7) is 0. The molecule has 0 radical (unpaired) electrons. The fraction of sp³-hybridized carbons (Fsp3) is 0. The van der Waals surface area contributed by atoms with E-state index in [1.807, 2.05) is 47.7 Å². The summed E-state index contributed by atoms with van der Waals surface area (Å²) in [4.78, 5) is 15.4. The summed E-state index contributed by atoms with van der Waals surface area (Å²) in [5.74, 6) is 1.93. The van der Waals surface area contributed by atoms with Crippen LogP contribution in [-0.4, -0.2) is 24.1 Å². The summed E-state index contributed by atoms with van der Waals surface area (Å²) >= 11 is 1.81. The SMILES string of the molecule is c1ccc(-c2nc(-c3ccccc3)nc(-c3cc(-n4c5ccccc5c5c6c7ccccc7n(-c7ccccc7)c6ccc54)c4c(c3)sc3ccccc34)n2)cc1. The van der Waals surface area contributed by atoms with Gasteiger partial charge in [-0.05, 0) is 54.6 Å². The number of hydrogen-bond acceptors (Lipinski definition) is 4. The Bertz CT molecular complexity index is 3450. The van der Waals surface area contributed by atoms with E-state index in [1.165, 1.54) is 52.8 Å². The highest BCUT2D eigenvalue weighted by Gasteiger charge is 2.23. The van der Waals surface area contributed by atoms with E-state index in [1.54, 1.807) is 0 Å². The molecule has 8 aromatic carbocycles. The van der Waals surface area contributed by atoms with Gasteiger partial charge in [-0.2, -0.15) is 0 Å². The van der Waals surface area contributed by atoms with Gasteiger partial charge in [0.1, 0.15) is 0 Å². The lowest BCUT2D eigenvalue weighted by atomic mass is 10.1. The number of hydrogen-bond donors (Lipinski definition) is 0. The van der Waals surface area contributed by atoms with Gasteiger partial charge in [0.25, 0.3) is 0 Å². The Balaban J connectivity index is 1.20. The fourth-order valence-corrected chi connectivity index (χ4v) is 9.87. The van der Waals surface area contributed by atoms with Crippen LogP contribution < -0.4 is 0 Å². The molecule has 0 aliphatic heterocycles. The first kappa shape index (κ1) is 31.9. The van der Waals surface area contributed by atoms with E-state index in [-0.39, 0.29) is 0 Å². The quantitative estimate of drug-likeness (QED) is 0.176. The van der Waals surface area contributed by atoms with Gasteiger partial charge in [-0.3, -0.25) is 0 Å². The van der Waals surface area contributed by atoms with Crippen LogP contribution in [0.2, 0.25) is 0 Å². The van der Waals surface area contributed by atoms with Crippen molar-refractivity contribution in [2.24, 2.45) is 0 Å².